The molecule has 6 nitrogen and oxygen atoms in total. The molecule has 0 saturated carbocycles. The largest absolute Gasteiger partial charge is 0.379 e. The predicted octanol–water partition coefficient (Wildman–Crippen LogP) is 2.75. The summed E-state index contributed by atoms with van der Waals surface area (Å²) in [5.41, 5.74) is 1.41. The number of carbonyl (C=O) groups is 1. The van der Waals surface area contributed by atoms with E-state index in [-0.39, 0.29) is 17.1 Å². The van der Waals surface area contributed by atoms with Crippen molar-refractivity contribution >= 4 is 5.91 Å². The molecule has 0 aliphatic carbocycles. The molecular weight excluding hydrogens is 359 g/mol. The summed E-state index contributed by atoms with van der Waals surface area (Å²) in [6.45, 7) is 11.0. The highest BCUT2D eigenvalue weighted by Gasteiger charge is 2.28. The summed E-state index contributed by atoms with van der Waals surface area (Å²) < 4.78 is 21.0. The summed E-state index contributed by atoms with van der Waals surface area (Å²) in [6, 6.07) is 6.42. The van der Waals surface area contributed by atoms with Crippen LogP contribution in [0.5, 0.6) is 0 Å². The van der Waals surface area contributed by atoms with Gasteiger partial charge in [0.25, 0.3) is 5.91 Å². The normalized spacial score (nSPS) is 15.6. The zero-order chi connectivity index (χ0) is 20.3. The number of ether oxygens (including phenoxy) is 1. The molecule has 1 aliphatic heterocycles. The summed E-state index contributed by atoms with van der Waals surface area (Å²) in [5.74, 6) is -0.470. The second-order valence-electron chi connectivity index (χ2n) is 8.22. The van der Waals surface area contributed by atoms with E-state index in [1.54, 1.807) is 30.0 Å². The number of hydrogen-bond donors (Lipinski definition) is 0. The maximum atomic E-state index is 14.1. The van der Waals surface area contributed by atoms with Crippen molar-refractivity contribution in [1.29, 1.82) is 0 Å². The second kappa shape index (κ2) is 8.41. The van der Waals surface area contributed by atoms with E-state index in [1.165, 1.54) is 16.9 Å². The Balaban J connectivity index is 1.70. The molecule has 0 bridgehead atoms. The van der Waals surface area contributed by atoms with Crippen LogP contribution < -0.4 is 0 Å². The third-order valence-corrected chi connectivity index (χ3v) is 5.09. The van der Waals surface area contributed by atoms with Gasteiger partial charge in [0.05, 0.1) is 30.7 Å². The average molecular weight is 388 g/mol. The van der Waals surface area contributed by atoms with Gasteiger partial charge in [-0.3, -0.25) is 9.69 Å². The van der Waals surface area contributed by atoms with Crippen molar-refractivity contribution in [2.24, 2.45) is 5.41 Å². The van der Waals surface area contributed by atoms with E-state index in [0.717, 1.165) is 32.8 Å². The fraction of sp³-hybridized carbons (Fsp3) is 0.524. The first-order chi connectivity index (χ1) is 13.3. The quantitative estimate of drug-likeness (QED) is 0.764. The first kappa shape index (κ1) is 20.5. The Bertz CT molecular complexity index is 828. The number of para-hydroxylation sites is 1. The van der Waals surface area contributed by atoms with Gasteiger partial charge in [0.15, 0.2) is 0 Å². The van der Waals surface area contributed by atoms with Crippen LogP contribution in [0.1, 0.15) is 29.9 Å². The average Bonchev–Trinajstić information content (AvgIpc) is 3.02. The molecule has 3 rings (SSSR count). The van der Waals surface area contributed by atoms with Crippen LogP contribution in [0.4, 0.5) is 4.39 Å². The molecule has 1 aliphatic rings. The summed E-state index contributed by atoms with van der Waals surface area (Å²) in [5, 5.41) is 4.25. The van der Waals surface area contributed by atoms with E-state index in [1.807, 2.05) is 7.05 Å². The van der Waals surface area contributed by atoms with Crippen LogP contribution in [0.3, 0.4) is 0 Å². The van der Waals surface area contributed by atoms with Gasteiger partial charge in [0.2, 0.25) is 0 Å². The molecule has 1 fully saturated rings. The van der Waals surface area contributed by atoms with Crippen LogP contribution in [-0.4, -0.2) is 71.9 Å². The Morgan fingerprint density at radius 1 is 1.29 bits per heavy atom. The lowest BCUT2D eigenvalue weighted by Crippen LogP contribution is -2.46. The van der Waals surface area contributed by atoms with Gasteiger partial charge in [-0.2, -0.15) is 5.10 Å². The molecule has 1 saturated heterocycles. The Labute approximate surface area is 165 Å². The first-order valence-corrected chi connectivity index (χ1v) is 9.63. The molecule has 1 aromatic heterocycles. The van der Waals surface area contributed by atoms with Crippen LogP contribution in [0, 0.1) is 18.2 Å². The van der Waals surface area contributed by atoms with Gasteiger partial charge in [-0.25, -0.2) is 9.07 Å². The molecule has 0 unspecified atom stereocenters. The third-order valence-electron chi connectivity index (χ3n) is 5.09. The van der Waals surface area contributed by atoms with Crippen LogP contribution in [0.2, 0.25) is 0 Å². The predicted molar refractivity (Wildman–Crippen MR) is 106 cm³/mol. The molecule has 0 atom stereocenters. The lowest BCUT2D eigenvalue weighted by atomic mass is 9.91. The SMILES string of the molecule is Cc1c(C(=O)N(C)CC(C)(C)CN2CCOCC2)cnn1-c1ccccc1F. The van der Waals surface area contributed by atoms with Gasteiger partial charge in [-0.05, 0) is 24.5 Å². The fourth-order valence-corrected chi connectivity index (χ4v) is 3.82. The number of halogens is 1. The monoisotopic (exact) mass is 388 g/mol. The van der Waals surface area contributed by atoms with E-state index in [2.05, 4.69) is 23.8 Å². The first-order valence-electron chi connectivity index (χ1n) is 9.63. The smallest absolute Gasteiger partial charge is 0.257 e. The summed E-state index contributed by atoms with van der Waals surface area (Å²) >= 11 is 0. The van der Waals surface area contributed by atoms with Crippen LogP contribution in [-0.2, 0) is 4.74 Å². The lowest BCUT2D eigenvalue weighted by molar-refractivity contribution is 0.0163. The fourth-order valence-electron chi connectivity index (χ4n) is 3.82. The standard InChI is InChI=1S/C21H29FN4O2/c1-16-17(13-23-26(16)19-8-6-5-7-18(19)22)20(27)24(4)14-21(2,3)15-25-9-11-28-12-10-25/h5-8,13H,9-12,14-15H2,1-4H3. The van der Waals surface area contributed by atoms with Crippen LogP contribution >= 0.6 is 0 Å². The molecular formula is C21H29FN4O2. The minimum Gasteiger partial charge on any atom is -0.379 e. The highest BCUT2D eigenvalue weighted by molar-refractivity contribution is 5.95. The Hall–Kier alpha value is -2.25. The van der Waals surface area contributed by atoms with Crippen LogP contribution in [0.25, 0.3) is 5.69 Å². The maximum Gasteiger partial charge on any atom is 0.257 e. The van der Waals surface area contributed by atoms with Crippen LogP contribution in [0.15, 0.2) is 30.5 Å². The Morgan fingerprint density at radius 3 is 2.64 bits per heavy atom. The van der Waals surface area contributed by atoms with E-state index in [9.17, 15) is 9.18 Å². The molecule has 1 aromatic carbocycles. The Kier molecular flexibility index (Phi) is 6.15. The molecule has 7 heteroatoms. The third kappa shape index (κ3) is 4.59. The Morgan fingerprint density at radius 2 is 1.96 bits per heavy atom. The van der Waals surface area contributed by atoms with Gasteiger partial charge >= 0.3 is 0 Å². The zero-order valence-electron chi connectivity index (χ0n) is 17.1. The van der Waals surface area contributed by atoms with Crippen molar-refractivity contribution < 1.29 is 13.9 Å². The number of rotatable bonds is 6. The zero-order valence-corrected chi connectivity index (χ0v) is 17.1. The summed E-state index contributed by atoms with van der Waals surface area (Å²) in [6.07, 6.45) is 1.52. The van der Waals surface area contributed by atoms with Crippen molar-refractivity contribution in [1.82, 2.24) is 19.6 Å². The van der Waals surface area contributed by atoms with Crippen molar-refractivity contribution in [2.45, 2.75) is 20.8 Å². The molecule has 2 heterocycles. The number of benzene rings is 1. The number of amides is 1. The molecule has 152 valence electrons. The van der Waals surface area contributed by atoms with E-state index >= 15 is 0 Å². The molecule has 28 heavy (non-hydrogen) atoms. The van der Waals surface area contributed by atoms with E-state index in [4.69, 9.17) is 4.74 Å². The minimum atomic E-state index is -0.368. The molecule has 1 amide bonds. The number of hydrogen-bond acceptors (Lipinski definition) is 4. The van der Waals surface area contributed by atoms with Gasteiger partial charge in [0, 0.05) is 33.2 Å². The van der Waals surface area contributed by atoms with Crippen molar-refractivity contribution in [3.05, 3.63) is 47.5 Å². The molecule has 0 radical (unpaired) electrons. The van der Waals surface area contributed by atoms with Gasteiger partial charge in [-0.15, -0.1) is 0 Å². The molecule has 0 N–H and O–H groups in total. The topological polar surface area (TPSA) is 50.6 Å². The minimum absolute atomic E-state index is 0.0583. The molecule has 2 aromatic rings. The summed E-state index contributed by atoms with van der Waals surface area (Å²) in [4.78, 5) is 17.1. The highest BCUT2D eigenvalue weighted by Crippen LogP contribution is 2.22. The van der Waals surface area contributed by atoms with Gasteiger partial charge in [0.1, 0.15) is 11.5 Å². The number of aromatic nitrogens is 2. The van der Waals surface area contributed by atoms with Crippen molar-refractivity contribution in [3.63, 3.8) is 0 Å². The van der Waals surface area contributed by atoms with Gasteiger partial charge < -0.3 is 9.64 Å². The highest BCUT2D eigenvalue weighted by atomic mass is 19.1. The van der Waals surface area contributed by atoms with Gasteiger partial charge in [-0.1, -0.05) is 26.0 Å². The maximum absolute atomic E-state index is 14.1. The number of carbonyl (C=O) groups excluding carboxylic acids is 1. The van der Waals surface area contributed by atoms with E-state index in [0.29, 0.717) is 23.5 Å². The van der Waals surface area contributed by atoms with Crippen molar-refractivity contribution in [3.8, 4) is 5.69 Å². The van der Waals surface area contributed by atoms with Crippen molar-refractivity contribution in [2.75, 3.05) is 46.4 Å². The second-order valence-corrected chi connectivity index (χ2v) is 8.22. The summed E-state index contributed by atoms with van der Waals surface area (Å²) in [7, 11) is 1.81. The lowest BCUT2D eigenvalue weighted by Gasteiger charge is -2.37. The molecule has 0 spiro atoms. The van der Waals surface area contributed by atoms with E-state index < -0.39 is 0 Å². The number of nitrogens with zero attached hydrogens (tertiary/aromatic N) is 4. The number of morpholine rings is 1.